The third kappa shape index (κ3) is 5.21. The van der Waals surface area contributed by atoms with Gasteiger partial charge in [-0.1, -0.05) is 18.2 Å². The Bertz CT molecular complexity index is 666. The largest absolute Gasteiger partial charge is 0.504 e. The third-order valence-corrected chi connectivity index (χ3v) is 3.43. The second-order valence-electron chi connectivity index (χ2n) is 5.19. The molecule has 2 rings (SSSR count). The monoisotopic (exact) mass is 316 g/mol. The molecule has 0 spiro atoms. The molecule has 122 valence electrons. The minimum atomic E-state index is -0.991. The minimum Gasteiger partial charge on any atom is -0.504 e. The van der Waals surface area contributed by atoms with E-state index in [1.807, 2.05) is 24.3 Å². The Kier molecular flexibility index (Phi) is 5.86. The number of carbonyl (C=O) groups is 1. The van der Waals surface area contributed by atoms with E-state index in [-0.39, 0.29) is 12.4 Å². The maximum atomic E-state index is 10.5. The van der Waals surface area contributed by atoms with Crippen molar-refractivity contribution in [1.82, 2.24) is 0 Å². The molecule has 0 amide bonds. The lowest BCUT2D eigenvalue weighted by Gasteiger charge is -2.08. The number of aliphatic carboxylic acids is 1. The first-order valence-corrected chi connectivity index (χ1v) is 7.38. The second-order valence-corrected chi connectivity index (χ2v) is 5.19. The van der Waals surface area contributed by atoms with Crippen LogP contribution in [0.3, 0.4) is 0 Å². The maximum Gasteiger partial charge on any atom is 0.341 e. The molecule has 0 aliphatic carbocycles. The molecule has 23 heavy (non-hydrogen) atoms. The van der Waals surface area contributed by atoms with Gasteiger partial charge in [0.15, 0.2) is 18.1 Å². The van der Waals surface area contributed by atoms with Gasteiger partial charge in [0, 0.05) is 0 Å². The second kappa shape index (κ2) is 8.08. The molecule has 0 atom stereocenters. The van der Waals surface area contributed by atoms with Gasteiger partial charge in [-0.2, -0.15) is 0 Å². The number of hydrogen-bond donors (Lipinski definition) is 2. The summed E-state index contributed by atoms with van der Waals surface area (Å²) in [6.45, 7) is -0.339. The molecule has 0 heterocycles. The van der Waals surface area contributed by atoms with Crippen LogP contribution >= 0.6 is 0 Å². The van der Waals surface area contributed by atoms with Gasteiger partial charge in [-0.3, -0.25) is 0 Å². The molecule has 5 heteroatoms. The molecule has 2 N–H and O–H groups in total. The molecule has 2 aromatic rings. The summed E-state index contributed by atoms with van der Waals surface area (Å²) in [6.07, 6.45) is 2.59. The molecule has 0 unspecified atom stereocenters. The molecule has 2 aromatic carbocycles. The summed E-state index contributed by atoms with van der Waals surface area (Å²) < 4.78 is 10.2. The van der Waals surface area contributed by atoms with Gasteiger partial charge in [0.2, 0.25) is 0 Å². The van der Waals surface area contributed by atoms with E-state index in [2.05, 4.69) is 0 Å². The van der Waals surface area contributed by atoms with Crippen LogP contribution < -0.4 is 9.47 Å². The first-order chi connectivity index (χ1) is 11.1. The number of phenols is 1. The number of methoxy groups -OCH3 is 1. The summed E-state index contributed by atoms with van der Waals surface area (Å²) in [7, 11) is 1.52. The fourth-order valence-corrected chi connectivity index (χ4v) is 2.32. The predicted molar refractivity (Wildman–Crippen MR) is 86.3 cm³/mol. The van der Waals surface area contributed by atoms with E-state index in [0.29, 0.717) is 11.5 Å². The van der Waals surface area contributed by atoms with Crippen molar-refractivity contribution < 1.29 is 24.5 Å². The van der Waals surface area contributed by atoms with Crippen LogP contribution in [0.5, 0.6) is 17.2 Å². The number of aromatic hydroxyl groups is 1. The van der Waals surface area contributed by atoms with E-state index in [4.69, 9.17) is 14.6 Å². The highest BCUT2D eigenvalue weighted by atomic mass is 16.5. The van der Waals surface area contributed by atoms with Crippen molar-refractivity contribution in [2.45, 2.75) is 19.3 Å². The van der Waals surface area contributed by atoms with Gasteiger partial charge in [0.25, 0.3) is 0 Å². The van der Waals surface area contributed by atoms with E-state index in [1.165, 1.54) is 7.11 Å². The fraction of sp³-hybridized carbons (Fsp3) is 0.278. The number of aryl methyl sites for hydroxylation is 2. The van der Waals surface area contributed by atoms with Gasteiger partial charge in [0.05, 0.1) is 7.11 Å². The molecular weight excluding hydrogens is 296 g/mol. The number of rotatable bonds is 8. The third-order valence-electron chi connectivity index (χ3n) is 3.43. The van der Waals surface area contributed by atoms with Crippen LogP contribution in [0.25, 0.3) is 0 Å². The molecule has 0 radical (unpaired) electrons. The average molecular weight is 316 g/mol. The van der Waals surface area contributed by atoms with Gasteiger partial charge >= 0.3 is 5.97 Å². The van der Waals surface area contributed by atoms with Crippen molar-refractivity contribution in [3.05, 3.63) is 53.6 Å². The van der Waals surface area contributed by atoms with Crippen molar-refractivity contribution in [1.29, 1.82) is 0 Å². The molecule has 0 saturated carbocycles. The van der Waals surface area contributed by atoms with Gasteiger partial charge in [0.1, 0.15) is 5.75 Å². The summed E-state index contributed by atoms with van der Waals surface area (Å²) in [5.41, 5.74) is 2.13. The lowest BCUT2D eigenvalue weighted by atomic mass is 10.0. The number of hydrogen-bond acceptors (Lipinski definition) is 4. The zero-order chi connectivity index (χ0) is 16.7. The van der Waals surface area contributed by atoms with Crippen molar-refractivity contribution >= 4 is 5.97 Å². The van der Waals surface area contributed by atoms with E-state index < -0.39 is 5.97 Å². The average Bonchev–Trinajstić information content (AvgIpc) is 2.53. The van der Waals surface area contributed by atoms with E-state index in [1.54, 1.807) is 18.2 Å². The Morgan fingerprint density at radius 2 is 1.83 bits per heavy atom. The normalized spacial score (nSPS) is 10.3. The lowest BCUT2D eigenvalue weighted by molar-refractivity contribution is -0.139. The standard InChI is InChI=1S/C18H20O5/c1-22-17-9-8-14(11-16(17)19)5-2-4-13-6-3-7-15(10-13)23-12-18(20)21/h3,6-11,19H,2,4-5,12H2,1H3,(H,20,21). The van der Waals surface area contributed by atoms with E-state index in [0.717, 1.165) is 30.4 Å². The van der Waals surface area contributed by atoms with Gasteiger partial charge in [-0.15, -0.1) is 0 Å². The zero-order valence-corrected chi connectivity index (χ0v) is 13.0. The van der Waals surface area contributed by atoms with Crippen LogP contribution in [0, 0.1) is 0 Å². The maximum absolute atomic E-state index is 10.5. The first-order valence-electron chi connectivity index (χ1n) is 7.38. The highest BCUT2D eigenvalue weighted by Crippen LogP contribution is 2.27. The number of ether oxygens (including phenoxy) is 2. The highest BCUT2D eigenvalue weighted by molar-refractivity contribution is 5.68. The van der Waals surface area contributed by atoms with Crippen LogP contribution in [0.2, 0.25) is 0 Å². The Hall–Kier alpha value is -2.69. The van der Waals surface area contributed by atoms with Crippen molar-refractivity contribution in [3.8, 4) is 17.2 Å². The zero-order valence-electron chi connectivity index (χ0n) is 13.0. The molecule has 0 bridgehead atoms. The molecule has 0 saturated heterocycles. The minimum absolute atomic E-state index is 0.147. The molecule has 0 aromatic heterocycles. The van der Waals surface area contributed by atoms with Crippen molar-refractivity contribution in [3.63, 3.8) is 0 Å². The van der Waals surface area contributed by atoms with E-state index >= 15 is 0 Å². The van der Waals surface area contributed by atoms with Crippen LogP contribution in [0.15, 0.2) is 42.5 Å². The van der Waals surface area contributed by atoms with Crippen molar-refractivity contribution in [2.75, 3.05) is 13.7 Å². The van der Waals surface area contributed by atoms with Crippen LogP contribution in [-0.4, -0.2) is 29.9 Å². The Morgan fingerprint density at radius 3 is 2.48 bits per heavy atom. The first kappa shape index (κ1) is 16.7. The smallest absolute Gasteiger partial charge is 0.341 e. The molecule has 5 nitrogen and oxygen atoms in total. The summed E-state index contributed by atoms with van der Waals surface area (Å²) in [6, 6.07) is 12.8. The lowest BCUT2D eigenvalue weighted by Crippen LogP contribution is -2.09. The summed E-state index contributed by atoms with van der Waals surface area (Å²) in [5.74, 6) is 0.188. The van der Waals surface area contributed by atoms with Gasteiger partial charge < -0.3 is 19.7 Å². The van der Waals surface area contributed by atoms with Crippen LogP contribution in [0.4, 0.5) is 0 Å². The Morgan fingerprint density at radius 1 is 1.09 bits per heavy atom. The predicted octanol–water partition coefficient (Wildman–Crippen LogP) is 3.04. The van der Waals surface area contributed by atoms with Gasteiger partial charge in [-0.05, 0) is 54.7 Å². The van der Waals surface area contributed by atoms with Crippen LogP contribution in [0.1, 0.15) is 17.5 Å². The number of benzene rings is 2. The van der Waals surface area contributed by atoms with Crippen LogP contribution in [-0.2, 0) is 17.6 Å². The Balaban J connectivity index is 1.87. The number of carboxylic acids is 1. The fourth-order valence-electron chi connectivity index (χ4n) is 2.32. The summed E-state index contributed by atoms with van der Waals surface area (Å²) >= 11 is 0. The van der Waals surface area contributed by atoms with Gasteiger partial charge in [-0.25, -0.2) is 4.79 Å². The van der Waals surface area contributed by atoms with E-state index in [9.17, 15) is 9.90 Å². The quantitative estimate of drug-likeness (QED) is 0.783. The molecular formula is C18H20O5. The molecule has 0 aliphatic rings. The Labute approximate surface area is 135 Å². The van der Waals surface area contributed by atoms with Crippen molar-refractivity contribution in [2.24, 2.45) is 0 Å². The highest BCUT2D eigenvalue weighted by Gasteiger charge is 2.04. The summed E-state index contributed by atoms with van der Waals surface area (Å²) in [5, 5.41) is 18.4. The molecule has 0 aliphatic heterocycles. The molecule has 0 fully saturated rings. The summed E-state index contributed by atoms with van der Waals surface area (Å²) in [4.78, 5) is 10.5. The number of phenolic OH excluding ortho intramolecular Hbond substituents is 1. The SMILES string of the molecule is COc1ccc(CCCc2cccc(OCC(=O)O)c2)cc1O. The number of carboxylic acid groups (broad SMARTS) is 1. The topological polar surface area (TPSA) is 76.0 Å².